The number of halogens is 2. The van der Waals surface area contributed by atoms with Gasteiger partial charge in [-0.1, -0.05) is 35.3 Å². The van der Waals surface area contributed by atoms with Crippen LogP contribution in [-0.2, 0) is 14.3 Å². The Labute approximate surface area is 145 Å². The standard InChI is InChI=1S/C17H17Cl2NO3/c1-10-5-4-6-14(20-10)15(17(21)23-3)16(22-2)12-8-7-11(18)9-13(12)19/h4-9,15-16H,1-3H3. The summed E-state index contributed by atoms with van der Waals surface area (Å²) in [5.41, 5.74) is 2.01. The van der Waals surface area contributed by atoms with E-state index in [1.807, 2.05) is 19.1 Å². The van der Waals surface area contributed by atoms with Crippen LogP contribution in [0.25, 0.3) is 0 Å². The second-order valence-electron chi connectivity index (χ2n) is 5.03. The predicted molar refractivity (Wildman–Crippen MR) is 89.9 cm³/mol. The summed E-state index contributed by atoms with van der Waals surface area (Å²) in [4.78, 5) is 16.8. The van der Waals surface area contributed by atoms with Gasteiger partial charge in [-0.15, -0.1) is 0 Å². The second kappa shape index (κ2) is 7.77. The fraction of sp³-hybridized carbons (Fsp3) is 0.294. The third-order valence-corrected chi connectivity index (χ3v) is 4.07. The van der Waals surface area contributed by atoms with E-state index in [-0.39, 0.29) is 0 Å². The highest BCUT2D eigenvalue weighted by atomic mass is 35.5. The fourth-order valence-electron chi connectivity index (χ4n) is 2.44. The Morgan fingerprint density at radius 1 is 1.17 bits per heavy atom. The number of rotatable bonds is 5. The van der Waals surface area contributed by atoms with Gasteiger partial charge in [-0.3, -0.25) is 9.78 Å². The van der Waals surface area contributed by atoms with E-state index in [1.165, 1.54) is 14.2 Å². The molecule has 0 saturated heterocycles. The normalized spacial score (nSPS) is 13.4. The van der Waals surface area contributed by atoms with Crippen molar-refractivity contribution in [3.63, 3.8) is 0 Å². The molecule has 4 nitrogen and oxygen atoms in total. The molecule has 0 aliphatic heterocycles. The van der Waals surface area contributed by atoms with Gasteiger partial charge in [0.25, 0.3) is 0 Å². The average Bonchev–Trinajstić information content (AvgIpc) is 2.52. The molecule has 2 aromatic rings. The molecule has 0 amide bonds. The highest BCUT2D eigenvalue weighted by Crippen LogP contribution is 2.38. The molecule has 0 N–H and O–H groups in total. The molecule has 0 radical (unpaired) electrons. The zero-order chi connectivity index (χ0) is 17.0. The summed E-state index contributed by atoms with van der Waals surface area (Å²) >= 11 is 12.2. The second-order valence-corrected chi connectivity index (χ2v) is 5.87. The molecular weight excluding hydrogens is 337 g/mol. The van der Waals surface area contributed by atoms with E-state index >= 15 is 0 Å². The maximum Gasteiger partial charge on any atom is 0.317 e. The Kier molecular flexibility index (Phi) is 5.99. The van der Waals surface area contributed by atoms with Crippen molar-refractivity contribution in [2.45, 2.75) is 18.9 Å². The Morgan fingerprint density at radius 2 is 1.91 bits per heavy atom. The number of hydrogen-bond donors (Lipinski definition) is 0. The summed E-state index contributed by atoms with van der Waals surface area (Å²) < 4.78 is 10.5. The first-order valence-electron chi connectivity index (χ1n) is 6.97. The molecule has 1 heterocycles. The van der Waals surface area contributed by atoms with Gasteiger partial charge in [-0.25, -0.2) is 0 Å². The molecule has 0 fully saturated rings. The Hall–Kier alpha value is -1.62. The van der Waals surface area contributed by atoms with Crippen LogP contribution in [0.4, 0.5) is 0 Å². The Morgan fingerprint density at radius 3 is 2.48 bits per heavy atom. The van der Waals surface area contributed by atoms with Crippen LogP contribution >= 0.6 is 23.2 Å². The van der Waals surface area contributed by atoms with Crippen molar-refractivity contribution in [3.05, 3.63) is 63.4 Å². The lowest BCUT2D eigenvalue weighted by Crippen LogP contribution is -2.24. The van der Waals surface area contributed by atoms with Gasteiger partial charge < -0.3 is 9.47 Å². The molecule has 0 aliphatic carbocycles. The summed E-state index contributed by atoms with van der Waals surface area (Å²) in [6, 6.07) is 10.5. The molecule has 1 aromatic carbocycles. The van der Waals surface area contributed by atoms with Crippen molar-refractivity contribution in [3.8, 4) is 0 Å². The number of carbonyl (C=O) groups excluding carboxylic acids is 1. The molecule has 6 heteroatoms. The van der Waals surface area contributed by atoms with Crippen LogP contribution in [0.15, 0.2) is 36.4 Å². The van der Waals surface area contributed by atoms with E-state index in [4.69, 9.17) is 32.7 Å². The van der Waals surface area contributed by atoms with E-state index < -0.39 is 18.0 Å². The van der Waals surface area contributed by atoms with Crippen molar-refractivity contribution >= 4 is 29.2 Å². The first-order valence-corrected chi connectivity index (χ1v) is 7.72. The molecule has 1 aromatic heterocycles. The molecule has 0 saturated carbocycles. The third-order valence-electron chi connectivity index (χ3n) is 3.51. The minimum absolute atomic E-state index is 0.422. The van der Waals surface area contributed by atoms with Gasteiger partial charge in [0.15, 0.2) is 0 Å². The van der Waals surface area contributed by atoms with Gasteiger partial charge in [0.1, 0.15) is 12.0 Å². The Balaban J connectivity index is 2.53. The van der Waals surface area contributed by atoms with Crippen LogP contribution in [0.5, 0.6) is 0 Å². The average molecular weight is 354 g/mol. The smallest absolute Gasteiger partial charge is 0.317 e. The lowest BCUT2D eigenvalue weighted by Gasteiger charge is -2.25. The van der Waals surface area contributed by atoms with Crippen LogP contribution < -0.4 is 0 Å². The summed E-state index contributed by atoms with van der Waals surface area (Å²) in [7, 11) is 2.85. The van der Waals surface area contributed by atoms with Gasteiger partial charge in [-0.2, -0.15) is 0 Å². The highest BCUT2D eigenvalue weighted by molar-refractivity contribution is 6.35. The van der Waals surface area contributed by atoms with E-state index in [0.29, 0.717) is 21.3 Å². The predicted octanol–water partition coefficient (Wildman–Crippen LogP) is 4.34. The maximum atomic E-state index is 12.4. The molecular formula is C17H17Cl2NO3. The molecule has 23 heavy (non-hydrogen) atoms. The number of methoxy groups -OCH3 is 2. The topological polar surface area (TPSA) is 48.4 Å². The van der Waals surface area contributed by atoms with Gasteiger partial charge in [0, 0.05) is 28.4 Å². The quantitative estimate of drug-likeness (QED) is 0.750. The van der Waals surface area contributed by atoms with Gasteiger partial charge in [0.05, 0.1) is 12.8 Å². The number of esters is 1. The molecule has 122 valence electrons. The minimum Gasteiger partial charge on any atom is -0.468 e. The Bertz CT molecular complexity index is 706. The van der Waals surface area contributed by atoms with Crippen LogP contribution in [0.2, 0.25) is 10.0 Å². The van der Waals surface area contributed by atoms with E-state index in [9.17, 15) is 4.79 Å². The fourth-order valence-corrected chi connectivity index (χ4v) is 2.95. The van der Waals surface area contributed by atoms with Gasteiger partial charge >= 0.3 is 5.97 Å². The molecule has 0 bridgehead atoms. The van der Waals surface area contributed by atoms with Crippen molar-refractivity contribution in [2.24, 2.45) is 0 Å². The SMILES string of the molecule is COC(=O)C(c1cccc(C)n1)C(OC)c1ccc(Cl)cc1Cl. The van der Waals surface area contributed by atoms with Crippen molar-refractivity contribution in [2.75, 3.05) is 14.2 Å². The number of ether oxygens (including phenoxy) is 2. The number of pyridine rings is 1. The number of hydrogen-bond acceptors (Lipinski definition) is 4. The lowest BCUT2D eigenvalue weighted by atomic mass is 9.92. The summed E-state index contributed by atoms with van der Waals surface area (Å²) in [5, 5.41) is 0.933. The van der Waals surface area contributed by atoms with Crippen molar-refractivity contribution < 1.29 is 14.3 Å². The largest absolute Gasteiger partial charge is 0.468 e. The number of aromatic nitrogens is 1. The summed E-state index contributed by atoms with van der Waals surface area (Å²) in [6.07, 6.45) is -0.637. The first-order chi connectivity index (χ1) is 11.0. The highest BCUT2D eigenvalue weighted by Gasteiger charge is 2.34. The molecule has 0 spiro atoms. The third kappa shape index (κ3) is 4.02. The molecule has 0 aliphatic rings. The summed E-state index contributed by atoms with van der Waals surface area (Å²) in [5.74, 6) is -1.18. The monoisotopic (exact) mass is 353 g/mol. The van der Waals surface area contributed by atoms with Gasteiger partial charge in [0.2, 0.25) is 0 Å². The zero-order valence-corrected chi connectivity index (χ0v) is 14.6. The number of benzene rings is 1. The minimum atomic E-state index is -0.733. The summed E-state index contributed by atoms with van der Waals surface area (Å²) in [6.45, 7) is 1.86. The van der Waals surface area contributed by atoms with Crippen molar-refractivity contribution in [1.29, 1.82) is 0 Å². The van der Waals surface area contributed by atoms with Gasteiger partial charge in [-0.05, 0) is 31.2 Å². The number of nitrogens with zero attached hydrogens (tertiary/aromatic N) is 1. The van der Waals surface area contributed by atoms with E-state index in [2.05, 4.69) is 4.98 Å². The van der Waals surface area contributed by atoms with E-state index in [1.54, 1.807) is 24.3 Å². The molecule has 2 rings (SSSR count). The van der Waals surface area contributed by atoms with Crippen LogP contribution in [0, 0.1) is 6.92 Å². The molecule has 2 atom stereocenters. The zero-order valence-electron chi connectivity index (χ0n) is 13.0. The maximum absolute atomic E-state index is 12.4. The first kappa shape index (κ1) is 17.7. The van der Waals surface area contributed by atoms with Crippen LogP contribution in [0.1, 0.15) is 29.0 Å². The number of aryl methyl sites for hydroxylation is 1. The van der Waals surface area contributed by atoms with Crippen LogP contribution in [0.3, 0.4) is 0 Å². The van der Waals surface area contributed by atoms with E-state index in [0.717, 1.165) is 5.69 Å². The number of carbonyl (C=O) groups is 1. The lowest BCUT2D eigenvalue weighted by molar-refractivity contribution is -0.146. The van der Waals surface area contributed by atoms with Crippen molar-refractivity contribution in [1.82, 2.24) is 4.98 Å². The molecule has 2 unspecified atom stereocenters. The van der Waals surface area contributed by atoms with Crippen LogP contribution in [-0.4, -0.2) is 25.2 Å².